The smallest absolute Gasteiger partial charge is 0.277 e. The van der Waals surface area contributed by atoms with E-state index in [1.54, 1.807) is 23.4 Å². The SMILES string of the molecule is O=C(c1ccc(NCc2cccnc2)cn1)N(Cc1ccccc1)c1ccccc1. The van der Waals surface area contributed by atoms with Crippen molar-refractivity contribution in [3.05, 3.63) is 120 Å². The van der Waals surface area contributed by atoms with Crippen LogP contribution in [0.4, 0.5) is 11.4 Å². The lowest BCUT2D eigenvalue weighted by Crippen LogP contribution is -2.31. The fourth-order valence-corrected chi connectivity index (χ4v) is 3.12. The maximum Gasteiger partial charge on any atom is 0.277 e. The molecule has 4 rings (SSSR count). The summed E-state index contributed by atoms with van der Waals surface area (Å²) in [4.78, 5) is 23.5. The number of carbonyl (C=O) groups is 1. The Kier molecular flexibility index (Phi) is 6.11. The average Bonchev–Trinajstić information content (AvgIpc) is 2.83. The van der Waals surface area contributed by atoms with Crippen LogP contribution in [0.2, 0.25) is 0 Å². The quantitative estimate of drug-likeness (QED) is 0.483. The zero-order chi connectivity index (χ0) is 20.6. The normalized spacial score (nSPS) is 10.4. The number of nitrogens with zero attached hydrogens (tertiary/aromatic N) is 3. The second-order valence-corrected chi connectivity index (χ2v) is 6.86. The van der Waals surface area contributed by atoms with Crippen molar-refractivity contribution < 1.29 is 4.79 Å². The van der Waals surface area contributed by atoms with E-state index < -0.39 is 0 Å². The Balaban J connectivity index is 1.51. The highest BCUT2D eigenvalue weighted by Crippen LogP contribution is 2.20. The number of para-hydroxylation sites is 1. The lowest BCUT2D eigenvalue weighted by molar-refractivity contribution is 0.0980. The average molecular weight is 394 g/mol. The van der Waals surface area contributed by atoms with Gasteiger partial charge in [0, 0.05) is 24.6 Å². The Bertz CT molecular complexity index is 1070. The summed E-state index contributed by atoms with van der Waals surface area (Å²) < 4.78 is 0. The van der Waals surface area contributed by atoms with Crippen molar-refractivity contribution in [3.63, 3.8) is 0 Å². The molecular formula is C25H22N4O. The lowest BCUT2D eigenvalue weighted by atomic mass is 10.1. The van der Waals surface area contributed by atoms with Gasteiger partial charge in [0.25, 0.3) is 5.91 Å². The van der Waals surface area contributed by atoms with Crippen molar-refractivity contribution >= 4 is 17.3 Å². The monoisotopic (exact) mass is 394 g/mol. The standard InChI is InChI=1S/C25H22N4O/c30-25(24-14-13-22(18-28-24)27-17-21-10-7-15-26-16-21)29(23-11-5-2-6-12-23)19-20-8-3-1-4-9-20/h1-16,18,27H,17,19H2. The first-order valence-corrected chi connectivity index (χ1v) is 9.79. The summed E-state index contributed by atoms with van der Waals surface area (Å²) in [5, 5.41) is 3.30. The molecule has 0 aliphatic carbocycles. The van der Waals surface area contributed by atoms with Gasteiger partial charge in [-0.2, -0.15) is 0 Å². The summed E-state index contributed by atoms with van der Waals surface area (Å²) in [5.41, 5.74) is 4.23. The number of nitrogens with one attached hydrogen (secondary N) is 1. The molecule has 2 aromatic carbocycles. The summed E-state index contributed by atoms with van der Waals surface area (Å²) in [5.74, 6) is -0.135. The molecule has 0 unspecified atom stereocenters. The minimum atomic E-state index is -0.135. The molecule has 2 heterocycles. The van der Waals surface area contributed by atoms with Gasteiger partial charge in [-0.05, 0) is 41.5 Å². The molecule has 1 amide bonds. The van der Waals surface area contributed by atoms with Gasteiger partial charge in [-0.25, -0.2) is 4.98 Å². The Hall–Kier alpha value is -3.99. The van der Waals surface area contributed by atoms with Crippen LogP contribution in [-0.4, -0.2) is 15.9 Å². The number of pyridine rings is 2. The van der Waals surface area contributed by atoms with E-state index >= 15 is 0 Å². The largest absolute Gasteiger partial charge is 0.380 e. The van der Waals surface area contributed by atoms with Gasteiger partial charge in [0.05, 0.1) is 18.4 Å². The highest BCUT2D eigenvalue weighted by atomic mass is 16.2. The molecule has 1 N–H and O–H groups in total. The van der Waals surface area contributed by atoms with Gasteiger partial charge in [-0.1, -0.05) is 54.6 Å². The predicted octanol–water partition coefficient (Wildman–Crippen LogP) is 4.94. The minimum Gasteiger partial charge on any atom is -0.380 e. The fraction of sp³-hybridized carbons (Fsp3) is 0.0800. The van der Waals surface area contributed by atoms with E-state index in [1.165, 1.54) is 0 Å². The summed E-state index contributed by atoms with van der Waals surface area (Å²) in [7, 11) is 0. The minimum absolute atomic E-state index is 0.135. The number of carbonyl (C=O) groups excluding carboxylic acids is 1. The highest BCUT2D eigenvalue weighted by molar-refractivity contribution is 6.04. The van der Waals surface area contributed by atoms with E-state index in [4.69, 9.17) is 0 Å². The Labute approximate surface area is 176 Å². The van der Waals surface area contributed by atoms with Gasteiger partial charge in [-0.15, -0.1) is 0 Å². The summed E-state index contributed by atoms with van der Waals surface area (Å²) in [6.07, 6.45) is 5.26. The van der Waals surface area contributed by atoms with Crippen molar-refractivity contribution in [1.82, 2.24) is 9.97 Å². The molecule has 0 spiro atoms. The molecule has 0 fully saturated rings. The van der Waals surface area contributed by atoms with Crippen LogP contribution in [0, 0.1) is 0 Å². The third-order valence-electron chi connectivity index (χ3n) is 4.70. The summed E-state index contributed by atoms with van der Waals surface area (Å²) in [6, 6.07) is 27.2. The van der Waals surface area contributed by atoms with Crippen LogP contribution in [0.15, 0.2) is 104 Å². The molecule has 5 heteroatoms. The number of rotatable bonds is 7. The zero-order valence-corrected chi connectivity index (χ0v) is 16.5. The lowest BCUT2D eigenvalue weighted by Gasteiger charge is -2.23. The van der Waals surface area contributed by atoms with Crippen LogP contribution in [-0.2, 0) is 13.1 Å². The van der Waals surface area contributed by atoms with Gasteiger partial charge in [0.2, 0.25) is 0 Å². The molecule has 0 radical (unpaired) electrons. The number of hydrogen-bond donors (Lipinski definition) is 1. The number of aromatic nitrogens is 2. The van der Waals surface area contributed by atoms with Crippen LogP contribution in [0.5, 0.6) is 0 Å². The van der Waals surface area contributed by atoms with Crippen LogP contribution in [0.25, 0.3) is 0 Å². The van der Waals surface area contributed by atoms with Gasteiger partial charge in [0.1, 0.15) is 5.69 Å². The number of hydrogen-bond acceptors (Lipinski definition) is 4. The molecule has 2 aromatic heterocycles. The van der Waals surface area contributed by atoms with E-state index in [2.05, 4.69) is 15.3 Å². The second kappa shape index (κ2) is 9.47. The number of amides is 1. The van der Waals surface area contributed by atoms with Crippen molar-refractivity contribution in [1.29, 1.82) is 0 Å². The van der Waals surface area contributed by atoms with Crippen molar-refractivity contribution in [3.8, 4) is 0 Å². The molecule has 0 aliphatic heterocycles. The van der Waals surface area contributed by atoms with Crippen molar-refractivity contribution in [2.24, 2.45) is 0 Å². The molecule has 5 nitrogen and oxygen atoms in total. The van der Waals surface area contributed by atoms with E-state index in [-0.39, 0.29) is 5.91 Å². The predicted molar refractivity (Wildman–Crippen MR) is 119 cm³/mol. The van der Waals surface area contributed by atoms with E-state index in [0.717, 1.165) is 22.5 Å². The molecule has 148 valence electrons. The molecular weight excluding hydrogens is 372 g/mol. The van der Waals surface area contributed by atoms with Gasteiger partial charge < -0.3 is 10.2 Å². The van der Waals surface area contributed by atoms with Crippen LogP contribution in [0.3, 0.4) is 0 Å². The van der Waals surface area contributed by atoms with Gasteiger partial charge in [0.15, 0.2) is 0 Å². The number of anilines is 2. The zero-order valence-electron chi connectivity index (χ0n) is 16.5. The molecule has 0 saturated carbocycles. The van der Waals surface area contributed by atoms with Crippen LogP contribution < -0.4 is 10.2 Å². The second-order valence-electron chi connectivity index (χ2n) is 6.86. The molecule has 30 heavy (non-hydrogen) atoms. The first-order valence-electron chi connectivity index (χ1n) is 9.79. The van der Waals surface area contributed by atoms with E-state index in [0.29, 0.717) is 18.8 Å². The maximum atomic E-state index is 13.3. The van der Waals surface area contributed by atoms with E-state index in [1.807, 2.05) is 85.1 Å². The van der Waals surface area contributed by atoms with E-state index in [9.17, 15) is 4.79 Å². The van der Waals surface area contributed by atoms with Gasteiger partial charge >= 0.3 is 0 Å². The molecule has 4 aromatic rings. The first kappa shape index (κ1) is 19.3. The topological polar surface area (TPSA) is 58.1 Å². The number of benzene rings is 2. The Morgan fingerprint density at radius 2 is 1.53 bits per heavy atom. The molecule has 0 aliphatic rings. The van der Waals surface area contributed by atoms with Crippen molar-refractivity contribution in [2.45, 2.75) is 13.1 Å². The fourth-order valence-electron chi connectivity index (χ4n) is 3.12. The van der Waals surface area contributed by atoms with Crippen LogP contribution >= 0.6 is 0 Å². The van der Waals surface area contributed by atoms with Crippen molar-refractivity contribution in [2.75, 3.05) is 10.2 Å². The summed E-state index contributed by atoms with van der Waals surface area (Å²) in [6.45, 7) is 1.12. The van der Waals surface area contributed by atoms with Crippen LogP contribution in [0.1, 0.15) is 21.6 Å². The molecule has 0 atom stereocenters. The highest BCUT2D eigenvalue weighted by Gasteiger charge is 2.19. The molecule has 0 bridgehead atoms. The Morgan fingerprint density at radius 1 is 0.800 bits per heavy atom. The first-order chi connectivity index (χ1) is 14.8. The summed E-state index contributed by atoms with van der Waals surface area (Å²) >= 11 is 0. The third-order valence-corrected chi connectivity index (χ3v) is 4.70. The Morgan fingerprint density at radius 3 is 2.20 bits per heavy atom. The molecule has 0 saturated heterocycles. The van der Waals surface area contributed by atoms with Gasteiger partial charge in [-0.3, -0.25) is 9.78 Å². The third kappa shape index (κ3) is 4.89. The maximum absolute atomic E-state index is 13.3.